The van der Waals surface area contributed by atoms with E-state index in [0.717, 1.165) is 25.6 Å². The summed E-state index contributed by atoms with van der Waals surface area (Å²) in [6, 6.07) is 0.544. The van der Waals surface area contributed by atoms with Gasteiger partial charge in [-0.3, -0.25) is 4.99 Å². The fourth-order valence-corrected chi connectivity index (χ4v) is 2.76. The summed E-state index contributed by atoms with van der Waals surface area (Å²) in [4.78, 5) is 6.60. The average Bonchev–Trinajstić information content (AvgIpc) is 2.84. The molecule has 0 amide bonds. The molecule has 86 valence electrons. The van der Waals surface area contributed by atoms with E-state index < -0.39 is 0 Å². The molecular weight excluding hydrogens is 190 g/mol. The van der Waals surface area contributed by atoms with Gasteiger partial charge in [0.2, 0.25) is 0 Å². The predicted molar refractivity (Wildman–Crippen MR) is 60.8 cm³/mol. The van der Waals surface area contributed by atoms with Crippen LogP contribution in [0.25, 0.3) is 0 Å². The first-order valence-corrected chi connectivity index (χ1v) is 5.88. The first kappa shape index (κ1) is 10.7. The summed E-state index contributed by atoms with van der Waals surface area (Å²) in [5.74, 6) is 1.51. The normalized spacial score (nSPS) is 27.4. The van der Waals surface area contributed by atoms with E-state index in [9.17, 15) is 0 Å². The van der Waals surface area contributed by atoms with Gasteiger partial charge in [-0.15, -0.1) is 0 Å². The van der Waals surface area contributed by atoms with Crippen LogP contribution >= 0.6 is 0 Å². The van der Waals surface area contributed by atoms with E-state index >= 15 is 0 Å². The molecule has 0 radical (unpaired) electrons. The van der Waals surface area contributed by atoms with Gasteiger partial charge >= 0.3 is 0 Å². The number of aliphatic imine (C=N–C) groups is 1. The Hall–Kier alpha value is -0.770. The average molecular weight is 211 g/mol. The lowest BCUT2D eigenvalue weighted by molar-refractivity contribution is 0.152. The van der Waals surface area contributed by atoms with E-state index in [1.807, 2.05) is 0 Å². The highest BCUT2D eigenvalue weighted by Gasteiger charge is 2.33. The second kappa shape index (κ2) is 4.84. The Morgan fingerprint density at radius 1 is 1.47 bits per heavy atom. The molecule has 2 rings (SSSR count). The van der Waals surface area contributed by atoms with Gasteiger partial charge in [0.15, 0.2) is 5.96 Å². The van der Waals surface area contributed by atoms with Crippen LogP contribution in [0.2, 0.25) is 0 Å². The Balaban J connectivity index is 1.93. The fourth-order valence-electron chi connectivity index (χ4n) is 2.76. The molecule has 15 heavy (non-hydrogen) atoms. The van der Waals surface area contributed by atoms with Gasteiger partial charge in [0, 0.05) is 13.7 Å². The van der Waals surface area contributed by atoms with Gasteiger partial charge in [-0.05, 0) is 18.8 Å². The highest BCUT2D eigenvalue weighted by atomic mass is 16.5. The summed E-state index contributed by atoms with van der Waals surface area (Å²) in [6.07, 6.45) is 5.44. The van der Waals surface area contributed by atoms with Gasteiger partial charge in [-0.25, -0.2) is 0 Å². The first-order valence-electron chi connectivity index (χ1n) is 5.88. The molecule has 0 aromatic carbocycles. The molecule has 1 fully saturated rings. The van der Waals surface area contributed by atoms with Crippen molar-refractivity contribution in [2.75, 3.05) is 26.8 Å². The third-order valence-electron chi connectivity index (χ3n) is 3.62. The van der Waals surface area contributed by atoms with Gasteiger partial charge in [-0.1, -0.05) is 12.8 Å². The summed E-state index contributed by atoms with van der Waals surface area (Å²) in [5.41, 5.74) is 5.90. The van der Waals surface area contributed by atoms with Crippen molar-refractivity contribution in [2.24, 2.45) is 16.6 Å². The molecule has 4 heteroatoms. The minimum Gasteiger partial charge on any atom is -0.383 e. The van der Waals surface area contributed by atoms with Crippen molar-refractivity contribution in [1.82, 2.24) is 4.90 Å². The summed E-state index contributed by atoms with van der Waals surface area (Å²) in [5, 5.41) is 0. The minimum absolute atomic E-state index is 0.544. The molecule has 0 spiro atoms. The summed E-state index contributed by atoms with van der Waals surface area (Å²) in [6.45, 7) is 2.51. The molecule has 1 unspecified atom stereocenters. The van der Waals surface area contributed by atoms with Gasteiger partial charge in [-0.2, -0.15) is 0 Å². The minimum atomic E-state index is 0.544. The highest BCUT2D eigenvalue weighted by Crippen LogP contribution is 2.32. The summed E-state index contributed by atoms with van der Waals surface area (Å²) in [7, 11) is 1.73. The molecule has 1 heterocycles. The first-order chi connectivity index (χ1) is 7.33. The number of nitrogens with two attached hydrogens (primary N) is 1. The van der Waals surface area contributed by atoms with Crippen molar-refractivity contribution in [3.8, 4) is 0 Å². The molecule has 2 N–H and O–H groups in total. The molecule has 1 aliphatic carbocycles. The number of rotatable bonds is 4. The van der Waals surface area contributed by atoms with Crippen molar-refractivity contribution in [2.45, 2.75) is 31.7 Å². The van der Waals surface area contributed by atoms with Crippen molar-refractivity contribution < 1.29 is 4.74 Å². The Morgan fingerprint density at radius 3 is 2.87 bits per heavy atom. The molecule has 1 atom stereocenters. The van der Waals surface area contributed by atoms with Crippen LogP contribution in [0.1, 0.15) is 25.7 Å². The van der Waals surface area contributed by atoms with Crippen LogP contribution in [0.5, 0.6) is 0 Å². The number of nitrogens with zero attached hydrogens (tertiary/aromatic N) is 2. The molecule has 2 aliphatic rings. The topological polar surface area (TPSA) is 50.9 Å². The second-order valence-corrected chi connectivity index (χ2v) is 4.50. The van der Waals surface area contributed by atoms with Crippen LogP contribution in [-0.4, -0.2) is 43.7 Å². The summed E-state index contributed by atoms with van der Waals surface area (Å²) >= 11 is 0. The molecule has 4 nitrogen and oxygen atoms in total. The lowest BCUT2D eigenvalue weighted by Gasteiger charge is -2.30. The zero-order chi connectivity index (χ0) is 10.7. The Kier molecular flexibility index (Phi) is 3.46. The maximum atomic E-state index is 5.90. The standard InChI is InChI=1S/C11H21N3O/c1-15-7-6-14-10(8-13-11(14)12)9-4-2-3-5-9/h9-10H,2-8H2,1H3,(H2,12,13). The molecular formula is C11H21N3O. The number of hydrogen-bond donors (Lipinski definition) is 1. The fraction of sp³-hybridized carbons (Fsp3) is 0.909. The lowest BCUT2D eigenvalue weighted by atomic mass is 9.97. The van der Waals surface area contributed by atoms with Gasteiger partial charge in [0.25, 0.3) is 0 Å². The maximum Gasteiger partial charge on any atom is 0.191 e. The molecule has 1 aliphatic heterocycles. The van der Waals surface area contributed by atoms with E-state index in [2.05, 4.69) is 9.89 Å². The largest absolute Gasteiger partial charge is 0.383 e. The number of hydrogen-bond acceptors (Lipinski definition) is 4. The zero-order valence-corrected chi connectivity index (χ0v) is 9.48. The molecule has 0 aromatic rings. The van der Waals surface area contributed by atoms with E-state index in [0.29, 0.717) is 12.0 Å². The van der Waals surface area contributed by atoms with E-state index in [1.54, 1.807) is 7.11 Å². The smallest absolute Gasteiger partial charge is 0.191 e. The Morgan fingerprint density at radius 2 is 2.20 bits per heavy atom. The number of ether oxygens (including phenoxy) is 1. The van der Waals surface area contributed by atoms with Crippen LogP contribution in [0.15, 0.2) is 4.99 Å². The van der Waals surface area contributed by atoms with E-state index in [-0.39, 0.29) is 0 Å². The van der Waals surface area contributed by atoms with E-state index in [1.165, 1.54) is 25.7 Å². The van der Waals surface area contributed by atoms with Crippen molar-refractivity contribution in [3.05, 3.63) is 0 Å². The SMILES string of the molecule is COCCN1C(N)=NCC1C1CCCC1. The Labute approximate surface area is 91.5 Å². The van der Waals surface area contributed by atoms with Crippen LogP contribution in [0.3, 0.4) is 0 Å². The van der Waals surface area contributed by atoms with Crippen LogP contribution in [-0.2, 0) is 4.74 Å². The van der Waals surface area contributed by atoms with Gasteiger partial charge in [0.05, 0.1) is 19.2 Å². The maximum absolute atomic E-state index is 5.90. The quantitative estimate of drug-likeness (QED) is 0.749. The molecule has 0 aromatic heterocycles. The molecule has 0 bridgehead atoms. The monoisotopic (exact) mass is 211 g/mol. The van der Waals surface area contributed by atoms with Crippen LogP contribution in [0, 0.1) is 5.92 Å². The van der Waals surface area contributed by atoms with Gasteiger partial charge in [0.1, 0.15) is 0 Å². The van der Waals surface area contributed by atoms with Crippen molar-refractivity contribution in [1.29, 1.82) is 0 Å². The zero-order valence-electron chi connectivity index (χ0n) is 9.48. The number of guanidine groups is 1. The predicted octanol–water partition coefficient (Wildman–Crippen LogP) is 0.822. The van der Waals surface area contributed by atoms with Crippen molar-refractivity contribution in [3.63, 3.8) is 0 Å². The Bertz CT molecular complexity index is 236. The second-order valence-electron chi connectivity index (χ2n) is 4.50. The van der Waals surface area contributed by atoms with Gasteiger partial charge < -0.3 is 15.4 Å². The third-order valence-corrected chi connectivity index (χ3v) is 3.62. The van der Waals surface area contributed by atoms with Crippen LogP contribution in [0.4, 0.5) is 0 Å². The molecule has 0 saturated heterocycles. The third kappa shape index (κ3) is 2.25. The molecule has 1 saturated carbocycles. The van der Waals surface area contributed by atoms with Crippen molar-refractivity contribution >= 4 is 5.96 Å². The van der Waals surface area contributed by atoms with Crippen LogP contribution < -0.4 is 5.73 Å². The van der Waals surface area contributed by atoms with E-state index in [4.69, 9.17) is 10.5 Å². The number of methoxy groups -OCH3 is 1. The summed E-state index contributed by atoms with van der Waals surface area (Å²) < 4.78 is 5.11. The highest BCUT2D eigenvalue weighted by molar-refractivity contribution is 5.80. The lowest BCUT2D eigenvalue weighted by Crippen LogP contribution is -2.45.